The maximum absolute atomic E-state index is 12.3. The van der Waals surface area contributed by atoms with Gasteiger partial charge in [-0.25, -0.2) is 12.7 Å². The Bertz CT molecular complexity index is 854. The van der Waals surface area contributed by atoms with Crippen LogP contribution in [0.3, 0.4) is 0 Å². The smallest absolute Gasteiger partial charge is 0.257 e. The number of sulfonamides is 1. The van der Waals surface area contributed by atoms with Crippen molar-refractivity contribution in [3.63, 3.8) is 0 Å². The predicted octanol–water partition coefficient (Wildman–Crippen LogP) is 3.61. The van der Waals surface area contributed by atoms with Crippen molar-refractivity contribution in [2.75, 3.05) is 19.4 Å². The SMILES string of the molecule is CN(C)S(=O)(=O)c1cccc(NC(=O)c2cc(Br)ccc2Cl)c1. The molecule has 0 saturated heterocycles. The fraction of sp³-hybridized carbons (Fsp3) is 0.133. The van der Waals surface area contributed by atoms with Crippen molar-refractivity contribution in [3.05, 3.63) is 57.5 Å². The molecule has 5 nitrogen and oxygen atoms in total. The summed E-state index contributed by atoms with van der Waals surface area (Å²) in [6.45, 7) is 0. The average molecular weight is 418 g/mol. The van der Waals surface area contributed by atoms with E-state index in [0.29, 0.717) is 16.3 Å². The third kappa shape index (κ3) is 4.11. The van der Waals surface area contributed by atoms with E-state index < -0.39 is 15.9 Å². The van der Waals surface area contributed by atoms with Crippen LogP contribution in [0, 0.1) is 0 Å². The fourth-order valence-electron chi connectivity index (χ4n) is 1.82. The van der Waals surface area contributed by atoms with Crippen molar-refractivity contribution in [1.29, 1.82) is 0 Å². The van der Waals surface area contributed by atoms with Gasteiger partial charge in [0.05, 0.1) is 15.5 Å². The lowest BCUT2D eigenvalue weighted by Gasteiger charge is -2.13. The van der Waals surface area contributed by atoms with Gasteiger partial charge in [0.2, 0.25) is 10.0 Å². The quantitative estimate of drug-likeness (QED) is 0.826. The van der Waals surface area contributed by atoms with Gasteiger partial charge in [-0.3, -0.25) is 4.79 Å². The molecule has 23 heavy (non-hydrogen) atoms. The summed E-state index contributed by atoms with van der Waals surface area (Å²) in [5.41, 5.74) is 0.663. The van der Waals surface area contributed by atoms with Crippen molar-refractivity contribution < 1.29 is 13.2 Å². The number of benzene rings is 2. The molecule has 0 bridgehead atoms. The Morgan fingerprint density at radius 2 is 1.87 bits per heavy atom. The molecule has 0 aliphatic carbocycles. The zero-order chi connectivity index (χ0) is 17.2. The molecule has 1 N–H and O–H groups in total. The monoisotopic (exact) mass is 416 g/mol. The summed E-state index contributed by atoms with van der Waals surface area (Å²) in [5.74, 6) is -0.421. The molecule has 2 rings (SSSR count). The lowest BCUT2D eigenvalue weighted by Crippen LogP contribution is -2.22. The Morgan fingerprint density at radius 3 is 2.52 bits per heavy atom. The van der Waals surface area contributed by atoms with E-state index in [4.69, 9.17) is 11.6 Å². The van der Waals surface area contributed by atoms with Gasteiger partial charge in [-0.1, -0.05) is 33.6 Å². The zero-order valence-electron chi connectivity index (χ0n) is 12.4. The van der Waals surface area contributed by atoms with Crippen LogP contribution in [-0.4, -0.2) is 32.7 Å². The first-order valence-electron chi connectivity index (χ1n) is 6.51. The maximum Gasteiger partial charge on any atom is 0.257 e. The van der Waals surface area contributed by atoms with Crippen LogP contribution in [0.1, 0.15) is 10.4 Å². The topological polar surface area (TPSA) is 66.5 Å². The summed E-state index contributed by atoms with van der Waals surface area (Å²) in [4.78, 5) is 12.4. The lowest BCUT2D eigenvalue weighted by molar-refractivity contribution is 0.102. The number of nitrogens with zero attached hydrogens (tertiary/aromatic N) is 1. The summed E-state index contributed by atoms with van der Waals surface area (Å²) in [7, 11) is -0.674. The van der Waals surface area contributed by atoms with Crippen LogP contribution in [0.15, 0.2) is 51.8 Å². The molecule has 0 aromatic heterocycles. The van der Waals surface area contributed by atoms with Gasteiger partial charge in [-0.05, 0) is 36.4 Å². The molecule has 2 aromatic carbocycles. The van der Waals surface area contributed by atoms with E-state index >= 15 is 0 Å². The summed E-state index contributed by atoms with van der Waals surface area (Å²) in [6, 6.07) is 11.0. The molecule has 0 unspecified atom stereocenters. The molecule has 0 saturated carbocycles. The van der Waals surface area contributed by atoms with Gasteiger partial charge in [-0.2, -0.15) is 0 Å². The molecule has 0 atom stereocenters. The number of rotatable bonds is 4. The molecule has 2 aromatic rings. The van der Waals surface area contributed by atoms with Crippen molar-refractivity contribution in [3.8, 4) is 0 Å². The van der Waals surface area contributed by atoms with Crippen LogP contribution in [0.25, 0.3) is 0 Å². The van der Waals surface area contributed by atoms with Crippen LogP contribution in [-0.2, 0) is 10.0 Å². The van der Waals surface area contributed by atoms with E-state index in [2.05, 4.69) is 21.2 Å². The molecular formula is C15H14BrClN2O3S. The molecule has 0 aliphatic rings. The number of nitrogens with one attached hydrogen (secondary N) is 1. The molecule has 122 valence electrons. The molecule has 8 heteroatoms. The number of carbonyl (C=O) groups is 1. The Hall–Kier alpha value is -1.41. The largest absolute Gasteiger partial charge is 0.322 e. The minimum Gasteiger partial charge on any atom is -0.322 e. The number of hydrogen-bond donors (Lipinski definition) is 1. The Balaban J connectivity index is 2.31. The highest BCUT2D eigenvalue weighted by atomic mass is 79.9. The van der Waals surface area contributed by atoms with Crippen molar-refractivity contribution in [1.82, 2.24) is 4.31 Å². The third-order valence-corrected chi connectivity index (χ3v) is 5.68. The second kappa shape index (κ2) is 7.00. The van der Waals surface area contributed by atoms with Crippen molar-refractivity contribution in [2.45, 2.75) is 4.90 Å². The number of amides is 1. The number of hydrogen-bond acceptors (Lipinski definition) is 3. The van der Waals surface area contributed by atoms with Crippen molar-refractivity contribution >= 4 is 49.1 Å². The molecule has 0 spiro atoms. The standard InChI is InChI=1S/C15H14BrClN2O3S/c1-19(2)23(21,22)12-5-3-4-11(9-12)18-15(20)13-8-10(16)6-7-14(13)17/h3-9H,1-2H3,(H,18,20). The van der Waals surface area contributed by atoms with E-state index in [0.717, 1.165) is 8.78 Å². The number of anilines is 1. The molecule has 1 amide bonds. The molecule has 0 radical (unpaired) electrons. The Morgan fingerprint density at radius 1 is 1.17 bits per heavy atom. The van der Waals surface area contributed by atoms with E-state index in [1.165, 1.54) is 26.2 Å². The number of halogens is 2. The van der Waals surface area contributed by atoms with E-state index in [9.17, 15) is 13.2 Å². The highest BCUT2D eigenvalue weighted by Gasteiger charge is 2.18. The summed E-state index contributed by atoms with van der Waals surface area (Å²) in [5, 5.41) is 2.96. The predicted molar refractivity (Wildman–Crippen MR) is 94.4 cm³/mol. The lowest BCUT2D eigenvalue weighted by atomic mass is 10.2. The van der Waals surface area contributed by atoms with Gasteiger partial charge in [0.1, 0.15) is 0 Å². The van der Waals surface area contributed by atoms with Crippen LogP contribution < -0.4 is 5.32 Å². The molecule has 0 fully saturated rings. The fourth-order valence-corrected chi connectivity index (χ4v) is 3.33. The Labute approximate surface area is 148 Å². The highest BCUT2D eigenvalue weighted by Crippen LogP contribution is 2.23. The third-order valence-electron chi connectivity index (χ3n) is 3.04. The Kier molecular flexibility index (Phi) is 5.46. The van der Waals surface area contributed by atoms with Gasteiger partial charge < -0.3 is 5.32 Å². The zero-order valence-corrected chi connectivity index (χ0v) is 15.5. The van der Waals surface area contributed by atoms with Crippen LogP contribution in [0.5, 0.6) is 0 Å². The normalized spacial score (nSPS) is 11.5. The van der Waals surface area contributed by atoms with E-state index in [-0.39, 0.29) is 4.90 Å². The molecule has 0 heterocycles. The van der Waals surface area contributed by atoms with Gasteiger partial charge in [0, 0.05) is 24.3 Å². The van der Waals surface area contributed by atoms with E-state index in [1.807, 2.05) is 0 Å². The highest BCUT2D eigenvalue weighted by molar-refractivity contribution is 9.10. The summed E-state index contributed by atoms with van der Waals surface area (Å²) >= 11 is 9.30. The van der Waals surface area contributed by atoms with Crippen molar-refractivity contribution in [2.24, 2.45) is 0 Å². The summed E-state index contributed by atoms with van der Waals surface area (Å²) in [6.07, 6.45) is 0. The van der Waals surface area contributed by atoms with Crippen LogP contribution in [0.4, 0.5) is 5.69 Å². The first-order chi connectivity index (χ1) is 10.7. The first kappa shape index (κ1) is 17.9. The second-order valence-corrected chi connectivity index (χ2v) is 8.37. The maximum atomic E-state index is 12.3. The van der Waals surface area contributed by atoms with Crippen LogP contribution in [0.2, 0.25) is 5.02 Å². The summed E-state index contributed by atoms with van der Waals surface area (Å²) < 4.78 is 26.1. The van der Waals surface area contributed by atoms with Gasteiger partial charge in [0.15, 0.2) is 0 Å². The molecule has 0 aliphatic heterocycles. The number of carbonyl (C=O) groups excluding carboxylic acids is 1. The van der Waals surface area contributed by atoms with E-state index in [1.54, 1.807) is 30.3 Å². The first-order valence-corrected chi connectivity index (χ1v) is 9.12. The molecular weight excluding hydrogens is 404 g/mol. The second-order valence-electron chi connectivity index (χ2n) is 4.89. The van der Waals surface area contributed by atoms with Crippen LogP contribution >= 0.6 is 27.5 Å². The van der Waals surface area contributed by atoms with Gasteiger partial charge in [0.25, 0.3) is 5.91 Å². The minimum absolute atomic E-state index is 0.0978. The minimum atomic E-state index is -3.57. The average Bonchev–Trinajstić information content (AvgIpc) is 2.49. The van der Waals surface area contributed by atoms with Gasteiger partial charge in [-0.15, -0.1) is 0 Å². The van der Waals surface area contributed by atoms with Gasteiger partial charge >= 0.3 is 0 Å².